The van der Waals surface area contributed by atoms with Crippen LogP contribution in [0.3, 0.4) is 0 Å². The maximum absolute atomic E-state index is 13.3. The second-order valence-electron chi connectivity index (χ2n) is 3.92. The first-order valence-corrected chi connectivity index (χ1v) is 6.05. The third kappa shape index (κ3) is 4.79. The molecule has 100 valence electrons. The van der Waals surface area contributed by atoms with Gasteiger partial charge in [0.25, 0.3) is 0 Å². The van der Waals surface area contributed by atoms with Crippen molar-refractivity contribution in [1.82, 2.24) is 10.6 Å². The third-order valence-electron chi connectivity index (χ3n) is 2.53. The van der Waals surface area contributed by atoms with Gasteiger partial charge in [0.05, 0.1) is 0 Å². The molecule has 18 heavy (non-hydrogen) atoms. The lowest BCUT2D eigenvalue weighted by molar-refractivity contribution is -0.121. The Morgan fingerprint density at radius 1 is 1.28 bits per heavy atom. The van der Waals surface area contributed by atoms with Crippen LogP contribution in [0.2, 0.25) is 0 Å². The van der Waals surface area contributed by atoms with Gasteiger partial charge in [-0.3, -0.25) is 4.79 Å². The number of aryl methyl sites for hydroxylation is 1. The largest absolute Gasteiger partial charge is 0.355 e. The normalized spacial score (nSPS) is 10.4. The number of carbonyl (C=O) groups excluding carboxylic acids is 1. The minimum atomic E-state index is -0.875. The molecule has 2 N–H and O–H groups in total. The fraction of sp³-hybridized carbons (Fsp3) is 0.462. The van der Waals surface area contributed by atoms with Crippen molar-refractivity contribution in [3.05, 3.63) is 35.4 Å². The van der Waals surface area contributed by atoms with Gasteiger partial charge in [-0.2, -0.15) is 0 Å². The zero-order valence-electron chi connectivity index (χ0n) is 10.4. The van der Waals surface area contributed by atoms with Crippen molar-refractivity contribution in [3.8, 4) is 0 Å². The average Bonchev–Trinajstić information content (AvgIpc) is 2.36. The van der Waals surface area contributed by atoms with Gasteiger partial charge in [0, 0.05) is 19.5 Å². The highest BCUT2D eigenvalue weighted by molar-refractivity contribution is 5.76. The van der Waals surface area contributed by atoms with Gasteiger partial charge >= 0.3 is 0 Å². The molecule has 0 radical (unpaired) electrons. The molecule has 0 saturated heterocycles. The first-order chi connectivity index (χ1) is 8.65. The van der Waals surface area contributed by atoms with E-state index in [0.717, 1.165) is 12.6 Å². The summed E-state index contributed by atoms with van der Waals surface area (Å²) in [6, 6.07) is 4.00. The van der Waals surface area contributed by atoms with E-state index < -0.39 is 11.6 Å². The molecule has 1 aromatic carbocycles. The summed E-state index contributed by atoms with van der Waals surface area (Å²) in [5.41, 5.74) is 0.233. The molecule has 0 aliphatic rings. The van der Waals surface area contributed by atoms with Gasteiger partial charge in [-0.25, -0.2) is 8.78 Å². The van der Waals surface area contributed by atoms with Crippen LogP contribution >= 0.6 is 0 Å². The number of hydrogen-bond donors (Lipinski definition) is 2. The van der Waals surface area contributed by atoms with Gasteiger partial charge < -0.3 is 10.6 Å². The van der Waals surface area contributed by atoms with Gasteiger partial charge in [-0.15, -0.1) is 0 Å². The minimum absolute atomic E-state index is 0.156. The fourth-order valence-corrected chi connectivity index (χ4v) is 1.55. The average molecular weight is 256 g/mol. The fourth-order valence-electron chi connectivity index (χ4n) is 1.55. The van der Waals surface area contributed by atoms with E-state index in [0.29, 0.717) is 13.1 Å². The van der Waals surface area contributed by atoms with E-state index in [9.17, 15) is 13.6 Å². The molecule has 1 aromatic rings. The van der Waals surface area contributed by atoms with Crippen molar-refractivity contribution in [2.75, 3.05) is 19.6 Å². The van der Waals surface area contributed by atoms with Crippen molar-refractivity contribution < 1.29 is 13.6 Å². The molecular weight excluding hydrogens is 238 g/mol. The van der Waals surface area contributed by atoms with E-state index in [2.05, 4.69) is 10.6 Å². The van der Waals surface area contributed by atoms with Crippen LogP contribution in [0, 0.1) is 11.6 Å². The SMILES string of the molecule is CCNCCNC(=O)CCc1cccc(F)c1F. The molecule has 3 nitrogen and oxygen atoms in total. The van der Waals surface area contributed by atoms with Gasteiger partial charge in [0.15, 0.2) is 11.6 Å². The van der Waals surface area contributed by atoms with Crippen molar-refractivity contribution >= 4 is 5.91 Å². The number of amides is 1. The predicted octanol–water partition coefficient (Wildman–Crippen LogP) is 1.62. The van der Waals surface area contributed by atoms with Crippen LogP contribution in [-0.4, -0.2) is 25.5 Å². The van der Waals surface area contributed by atoms with Crippen LogP contribution in [0.1, 0.15) is 18.9 Å². The molecular formula is C13H18F2N2O. The molecule has 0 aromatic heterocycles. The van der Waals surface area contributed by atoms with Crippen LogP contribution in [0.15, 0.2) is 18.2 Å². The maximum atomic E-state index is 13.3. The lowest BCUT2D eigenvalue weighted by Gasteiger charge is -2.06. The molecule has 1 amide bonds. The minimum Gasteiger partial charge on any atom is -0.355 e. The number of halogens is 2. The van der Waals surface area contributed by atoms with Gasteiger partial charge in [-0.1, -0.05) is 19.1 Å². The lowest BCUT2D eigenvalue weighted by atomic mass is 10.1. The Balaban J connectivity index is 2.32. The number of likely N-dealkylation sites (N-methyl/N-ethyl adjacent to an activating group) is 1. The molecule has 0 unspecified atom stereocenters. The summed E-state index contributed by atoms with van der Waals surface area (Å²) in [6.45, 7) is 4.08. The first-order valence-electron chi connectivity index (χ1n) is 6.05. The maximum Gasteiger partial charge on any atom is 0.220 e. The highest BCUT2D eigenvalue weighted by atomic mass is 19.2. The highest BCUT2D eigenvalue weighted by Gasteiger charge is 2.09. The van der Waals surface area contributed by atoms with E-state index in [1.165, 1.54) is 12.1 Å². The summed E-state index contributed by atoms with van der Waals surface area (Å²) < 4.78 is 26.2. The van der Waals surface area contributed by atoms with Crippen molar-refractivity contribution in [3.63, 3.8) is 0 Å². The second kappa shape index (κ2) is 7.76. The summed E-state index contributed by atoms with van der Waals surface area (Å²) in [5, 5.41) is 5.77. The van der Waals surface area contributed by atoms with Crippen molar-refractivity contribution in [2.24, 2.45) is 0 Å². The Kier molecular flexibility index (Phi) is 6.28. The monoisotopic (exact) mass is 256 g/mol. The van der Waals surface area contributed by atoms with E-state index in [-0.39, 0.29) is 24.3 Å². The molecule has 0 bridgehead atoms. The number of nitrogens with one attached hydrogen (secondary N) is 2. The molecule has 0 atom stereocenters. The quantitative estimate of drug-likeness (QED) is 0.728. The summed E-state index contributed by atoms with van der Waals surface area (Å²) in [5.74, 6) is -1.89. The number of carbonyl (C=O) groups is 1. The Hall–Kier alpha value is -1.49. The van der Waals surface area contributed by atoms with E-state index in [1.807, 2.05) is 6.92 Å². The van der Waals surface area contributed by atoms with Crippen molar-refractivity contribution in [1.29, 1.82) is 0 Å². The van der Waals surface area contributed by atoms with Crippen LogP contribution in [0.5, 0.6) is 0 Å². The molecule has 0 spiro atoms. The molecule has 0 fully saturated rings. The van der Waals surface area contributed by atoms with Crippen LogP contribution in [0.4, 0.5) is 8.78 Å². The Morgan fingerprint density at radius 3 is 2.78 bits per heavy atom. The predicted molar refractivity (Wildman–Crippen MR) is 66.2 cm³/mol. The first kappa shape index (κ1) is 14.6. The lowest BCUT2D eigenvalue weighted by Crippen LogP contribution is -2.31. The molecule has 0 aliphatic heterocycles. The van der Waals surface area contributed by atoms with Crippen LogP contribution in [-0.2, 0) is 11.2 Å². The smallest absolute Gasteiger partial charge is 0.220 e. The topological polar surface area (TPSA) is 41.1 Å². The Labute approximate surface area is 106 Å². The van der Waals surface area contributed by atoms with Crippen LogP contribution in [0.25, 0.3) is 0 Å². The second-order valence-corrected chi connectivity index (χ2v) is 3.92. The molecule has 0 aliphatic carbocycles. The summed E-state index contributed by atoms with van der Waals surface area (Å²) in [4.78, 5) is 11.4. The Bertz CT molecular complexity index is 397. The van der Waals surface area contributed by atoms with Crippen LogP contribution < -0.4 is 10.6 Å². The van der Waals surface area contributed by atoms with Gasteiger partial charge in [0.1, 0.15) is 0 Å². The molecule has 0 saturated carbocycles. The van der Waals surface area contributed by atoms with Crippen molar-refractivity contribution in [2.45, 2.75) is 19.8 Å². The number of benzene rings is 1. The number of rotatable bonds is 7. The molecule has 0 heterocycles. The molecule has 1 rings (SSSR count). The highest BCUT2D eigenvalue weighted by Crippen LogP contribution is 2.12. The van der Waals surface area contributed by atoms with E-state index in [1.54, 1.807) is 0 Å². The van der Waals surface area contributed by atoms with E-state index in [4.69, 9.17) is 0 Å². The van der Waals surface area contributed by atoms with E-state index >= 15 is 0 Å². The zero-order valence-corrected chi connectivity index (χ0v) is 10.4. The zero-order chi connectivity index (χ0) is 13.4. The molecule has 5 heteroatoms. The van der Waals surface area contributed by atoms with Gasteiger partial charge in [0.2, 0.25) is 5.91 Å². The standard InChI is InChI=1S/C13H18F2N2O/c1-2-16-8-9-17-12(18)7-6-10-4-3-5-11(14)13(10)15/h3-5,16H,2,6-9H2,1H3,(H,17,18). The third-order valence-corrected chi connectivity index (χ3v) is 2.53. The summed E-state index contributed by atoms with van der Waals surface area (Å²) >= 11 is 0. The Morgan fingerprint density at radius 2 is 2.06 bits per heavy atom. The summed E-state index contributed by atoms with van der Waals surface area (Å²) in [6.07, 6.45) is 0.364. The number of hydrogen-bond acceptors (Lipinski definition) is 2. The van der Waals surface area contributed by atoms with Gasteiger partial charge in [-0.05, 0) is 24.6 Å². The summed E-state index contributed by atoms with van der Waals surface area (Å²) in [7, 11) is 0.